The Morgan fingerprint density at radius 2 is 1.90 bits per heavy atom. The number of ether oxygens (including phenoxy) is 1. The fraction of sp³-hybridized carbons (Fsp3) is 0.304. The van der Waals surface area contributed by atoms with Crippen molar-refractivity contribution in [3.63, 3.8) is 0 Å². The maximum absolute atomic E-state index is 12.8. The van der Waals surface area contributed by atoms with Crippen LogP contribution in [0.5, 0.6) is 0 Å². The molecule has 2 heterocycles. The average Bonchev–Trinajstić information content (AvgIpc) is 3.11. The highest BCUT2D eigenvalue weighted by Gasteiger charge is 2.24. The number of carbonyl (C=O) groups is 2. The Morgan fingerprint density at radius 1 is 1.17 bits per heavy atom. The van der Waals surface area contributed by atoms with E-state index in [1.165, 1.54) is 12.7 Å². The van der Waals surface area contributed by atoms with Crippen LogP contribution in [-0.2, 0) is 9.53 Å². The third kappa shape index (κ3) is 4.35. The molecule has 1 amide bonds. The van der Waals surface area contributed by atoms with Crippen LogP contribution in [-0.4, -0.2) is 48.5 Å². The van der Waals surface area contributed by atoms with Gasteiger partial charge >= 0.3 is 5.97 Å². The molecule has 1 aromatic heterocycles. The molecule has 7 heteroatoms. The largest absolute Gasteiger partial charge is 0.464 e. The number of nitrogens with zero attached hydrogens (tertiary/aromatic N) is 1. The van der Waals surface area contributed by atoms with Crippen molar-refractivity contribution in [2.45, 2.75) is 18.8 Å². The Bertz CT molecular complexity index is 1060. The Labute approximate surface area is 180 Å². The lowest BCUT2D eigenvalue weighted by Gasteiger charge is -2.31. The van der Waals surface area contributed by atoms with Gasteiger partial charge < -0.3 is 15.0 Å². The topological polar surface area (TPSA) is 74.4 Å². The monoisotopic (exact) mass is 425 g/mol. The summed E-state index contributed by atoms with van der Waals surface area (Å²) in [4.78, 5) is 30.1. The molecule has 1 aliphatic rings. The molecule has 0 radical (unpaired) electrons. The molecule has 0 atom stereocenters. The number of aromatic nitrogens is 1. The van der Waals surface area contributed by atoms with Gasteiger partial charge in [-0.25, -0.2) is 4.79 Å². The maximum atomic E-state index is 12.8. The van der Waals surface area contributed by atoms with Crippen LogP contribution in [0.4, 0.5) is 5.69 Å². The molecule has 1 aliphatic heterocycles. The van der Waals surface area contributed by atoms with Crippen molar-refractivity contribution in [3.8, 4) is 0 Å². The highest BCUT2D eigenvalue weighted by Crippen LogP contribution is 2.31. The van der Waals surface area contributed by atoms with Gasteiger partial charge in [-0.3, -0.25) is 9.69 Å². The highest BCUT2D eigenvalue weighted by atomic mass is 35.5. The molecule has 6 nitrogen and oxygen atoms in total. The second-order valence-electron chi connectivity index (χ2n) is 7.57. The van der Waals surface area contributed by atoms with Crippen molar-refractivity contribution in [3.05, 3.63) is 64.8 Å². The number of rotatable bonds is 5. The molecule has 156 valence electrons. The second kappa shape index (κ2) is 8.90. The number of likely N-dealkylation sites (tertiary alicyclic amines) is 1. The van der Waals surface area contributed by atoms with E-state index in [0.717, 1.165) is 25.9 Å². The number of nitrogens with one attached hydrogen (secondary N) is 2. The average molecular weight is 426 g/mol. The molecule has 0 bridgehead atoms. The van der Waals surface area contributed by atoms with E-state index in [1.54, 1.807) is 18.2 Å². The van der Waals surface area contributed by atoms with Crippen LogP contribution in [0, 0.1) is 0 Å². The molecule has 3 aromatic rings. The number of piperidine rings is 1. The molecular formula is C23H24ClN3O3. The summed E-state index contributed by atoms with van der Waals surface area (Å²) in [5, 5.41) is 4.10. The number of anilines is 1. The number of benzene rings is 2. The van der Waals surface area contributed by atoms with Crippen molar-refractivity contribution in [2.24, 2.45) is 0 Å². The van der Waals surface area contributed by atoms with E-state index in [1.807, 2.05) is 6.07 Å². The molecule has 0 spiro atoms. The minimum atomic E-state index is -0.540. The van der Waals surface area contributed by atoms with E-state index in [4.69, 9.17) is 16.3 Å². The van der Waals surface area contributed by atoms with Crippen LogP contribution >= 0.6 is 11.6 Å². The maximum Gasteiger partial charge on any atom is 0.356 e. The van der Waals surface area contributed by atoms with Crippen molar-refractivity contribution in [2.75, 3.05) is 32.1 Å². The van der Waals surface area contributed by atoms with E-state index < -0.39 is 5.97 Å². The SMILES string of the molecule is COC(=O)c1[nH]c2ccc(Cl)cc2c1NC(=O)CN1CCC(c2ccccc2)CC1. The van der Waals surface area contributed by atoms with E-state index in [9.17, 15) is 9.59 Å². The van der Waals surface area contributed by atoms with E-state index in [0.29, 0.717) is 27.5 Å². The van der Waals surface area contributed by atoms with Crippen LogP contribution in [0.2, 0.25) is 5.02 Å². The minimum absolute atomic E-state index is 0.167. The summed E-state index contributed by atoms with van der Waals surface area (Å²) in [5.41, 5.74) is 2.69. The van der Waals surface area contributed by atoms with E-state index in [2.05, 4.69) is 39.5 Å². The van der Waals surface area contributed by atoms with Gasteiger partial charge in [0.2, 0.25) is 5.91 Å². The predicted octanol–water partition coefficient (Wildman–Crippen LogP) is 4.43. The Morgan fingerprint density at radius 3 is 2.60 bits per heavy atom. The zero-order valence-corrected chi connectivity index (χ0v) is 17.5. The summed E-state index contributed by atoms with van der Waals surface area (Å²) >= 11 is 6.12. The third-order valence-electron chi connectivity index (χ3n) is 5.64. The zero-order chi connectivity index (χ0) is 21.1. The number of amides is 1. The molecule has 2 N–H and O–H groups in total. The second-order valence-corrected chi connectivity index (χ2v) is 8.00. The lowest BCUT2D eigenvalue weighted by atomic mass is 9.89. The fourth-order valence-electron chi connectivity index (χ4n) is 4.08. The van der Waals surface area contributed by atoms with Crippen LogP contribution < -0.4 is 5.32 Å². The predicted molar refractivity (Wildman–Crippen MR) is 118 cm³/mol. The first-order valence-electron chi connectivity index (χ1n) is 10.0. The Kier molecular flexibility index (Phi) is 6.06. The van der Waals surface area contributed by atoms with Crippen LogP contribution in [0.3, 0.4) is 0 Å². The number of H-pyrrole nitrogens is 1. The highest BCUT2D eigenvalue weighted by molar-refractivity contribution is 6.31. The summed E-state index contributed by atoms with van der Waals surface area (Å²) in [6.45, 7) is 1.99. The number of aromatic amines is 1. The molecular weight excluding hydrogens is 402 g/mol. The third-order valence-corrected chi connectivity index (χ3v) is 5.88. The normalized spacial score (nSPS) is 15.3. The van der Waals surface area contributed by atoms with Gasteiger partial charge in [0.1, 0.15) is 5.69 Å². The quantitative estimate of drug-likeness (QED) is 0.593. The zero-order valence-electron chi connectivity index (χ0n) is 16.8. The number of halogens is 1. The van der Waals surface area contributed by atoms with Gasteiger partial charge in [-0.15, -0.1) is 0 Å². The molecule has 0 aliphatic carbocycles. The van der Waals surface area contributed by atoms with Crippen LogP contribution in [0.1, 0.15) is 34.8 Å². The Balaban J connectivity index is 1.44. The Hall–Kier alpha value is -2.83. The number of esters is 1. The molecule has 4 rings (SSSR count). The van der Waals surface area contributed by atoms with Gasteiger partial charge in [0.15, 0.2) is 0 Å². The first-order chi connectivity index (χ1) is 14.5. The number of carbonyl (C=O) groups excluding carboxylic acids is 2. The van der Waals surface area contributed by atoms with Crippen LogP contribution in [0.15, 0.2) is 48.5 Å². The molecule has 1 saturated heterocycles. The van der Waals surface area contributed by atoms with Gasteiger partial charge in [0.25, 0.3) is 0 Å². The first-order valence-corrected chi connectivity index (χ1v) is 10.4. The standard InChI is InChI=1S/C23H24ClN3O3/c1-30-23(29)22-21(18-13-17(24)7-8-19(18)25-22)26-20(28)14-27-11-9-16(10-12-27)15-5-3-2-4-6-15/h2-8,13,16,25H,9-12,14H2,1H3,(H,26,28). The number of hydrogen-bond acceptors (Lipinski definition) is 4. The summed E-state index contributed by atoms with van der Waals surface area (Å²) in [5.74, 6) is -0.173. The molecule has 0 unspecified atom stereocenters. The molecule has 2 aromatic carbocycles. The number of fused-ring (bicyclic) bond motifs is 1. The molecule has 30 heavy (non-hydrogen) atoms. The van der Waals surface area contributed by atoms with E-state index >= 15 is 0 Å². The fourth-order valence-corrected chi connectivity index (χ4v) is 4.25. The molecule has 1 fully saturated rings. The van der Waals surface area contributed by atoms with Crippen molar-refractivity contribution < 1.29 is 14.3 Å². The van der Waals surface area contributed by atoms with Gasteiger partial charge in [0.05, 0.1) is 19.3 Å². The van der Waals surface area contributed by atoms with Gasteiger partial charge in [-0.05, 0) is 55.6 Å². The lowest BCUT2D eigenvalue weighted by Crippen LogP contribution is -2.38. The summed E-state index contributed by atoms with van der Waals surface area (Å²) in [6, 6.07) is 15.7. The van der Waals surface area contributed by atoms with Gasteiger partial charge in [-0.1, -0.05) is 41.9 Å². The summed E-state index contributed by atoms with van der Waals surface area (Å²) < 4.78 is 4.86. The van der Waals surface area contributed by atoms with Gasteiger partial charge in [0, 0.05) is 15.9 Å². The number of methoxy groups -OCH3 is 1. The summed E-state index contributed by atoms with van der Waals surface area (Å²) in [6.07, 6.45) is 2.04. The molecule has 0 saturated carbocycles. The van der Waals surface area contributed by atoms with Crippen LogP contribution in [0.25, 0.3) is 10.9 Å². The first kappa shape index (κ1) is 20.4. The number of hydrogen-bond donors (Lipinski definition) is 2. The lowest BCUT2D eigenvalue weighted by molar-refractivity contribution is -0.117. The van der Waals surface area contributed by atoms with E-state index in [-0.39, 0.29) is 18.1 Å². The van der Waals surface area contributed by atoms with Crippen molar-refractivity contribution >= 4 is 40.1 Å². The van der Waals surface area contributed by atoms with Crippen molar-refractivity contribution in [1.29, 1.82) is 0 Å². The smallest absolute Gasteiger partial charge is 0.356 e. The summed E-state index contributed by atoms with van der Waals surface area (Å²) in [7, 11) is 1.31. The van der Waals surface area contributed by atoms with Crippen molar-refractivity contribution in [1.82, 2.24) is 9.88 Å². The minimum Gasteiger partial charge on any atom is -0.464 e. The van der Waals surface area contributed by atoms with Gasteiger partial charge in [-0.2, -0.15) is 0 Å².